The summed E-state index contributed by atoms with van der Waals surface area (Å²) >= 11 is 0. The lowest BCUT2D eigenvalue weighted by Crippen LogP contribution is -2.45. The summed E-state index contributed by atoms with van der Waals surface area (Å²) in [6, 6.07) is 3.76. The van der Waals surface area contributed by atoms with Crippen molar-refractivity contribution in [3.63, 3.8) is 0 Å². The van der Waals surface area contributed by atoms with Gasteiger partial charge >= 0.3 is 0 Å². The van der Waals surface area contributed by atoms with Crippen molar-refractivity contribution in [2.45, 2.75) is 32.5 Å². The van der Waals surface area contributed by atoms with Crippen molar-refractivity contribution in [3.8, 4) is 0 Å². The van der Waals surface area contributed by atoms with Crippen molar-refractivity contribution in [2.24, 2.45) is 5.92 Å². The Balaban J connectivity index is 1.56. The molecule has 0 unspecified atom stereocenters. The molecule has 23 heavy (non-hydrogen) atoms. The molecule has 6 nitrogen and oxygen atoms in total. The molecule has 126 valence electrons. The van der Waals surface area contributed by atoms with Gasteiger partial charge in [0.1, 0.15) is 5.82 Å². The highest BCUT2D eigenvalue weighted by molar-refractivity contribution is 5.94. The lowest BCUT2D eigenvalue weighted by atomic mass is 10.1. The van der Waals surface area contributed by atoms with Gasteiger partial charge in [-0.15, -0.1) is 0 Å². The SMILES string of the molecule is C[C@@H]1CN(c2ccc(C(=O)NC[C@@H]3CCOC3)cn2)C[C@H](C)O1. The van der Waals surface area contributed by atoms with Crippen LogP contribution >= 0.6 is 0 Å². The molecule has 1 amide bonds. The average molecular weight is 319 g/mol. The fourth-order valence-corrected chi connectivity index (χ4v) is 3.16. The molecule has 2 aliphatic heterocycles. The number of nitrogens with one attached hydrogen (secondary N) is 1. The first kappa shape index (κ1) is 16.2. The van der Waals surface area contributed by atoms with E-state index in [1.165, 1.54) is 0 Å². The second-order valence-electron chi connectivity index (χ2n) is 6.51. The first-order valence-corrected chi connectivity index (χ1v) is 8.34. The van der Waals surface area contributed by atoms with Gasteiger partial charge in [0.05, 0.1) is 24.4 Å². The third-order valence-electron chi connectivity index (χ3n) is 4.33. The Morgan fingerprint density at radius 1 is 1.35 bits per heavy atom. The number of morpholine rings is 1. The molecule has 6 heteroatoms. The number of pyridine rings is 1. The highest BCUT2D eigenvalue weighted by atomic mass is 16.5. The highest BCUT2D eigenvalue weighted by Crippen LogP contribution is 2.18. The number of amides is 1. The van der Waals surface area contributed by atoms with Gasteiger partial charge < -0.3 is 19.7 Å². The lowest BCUT2D eigenvalue weighted by molar-refractivity contribution is -0.00546. The molecular weight excluding hydrogens is 294 g/mol. The van der Waals surface area contributed by atoms with Gasteiger partial charge in [-0.25, -0.2) is 4.98 Å². The summed E-state index contributed by atoms with van der Waals surface area (Å²) < 4.78 is 11.1. The summed E-state index contributed by atoms with van der Waals surface area (Å²) in [6.07, 6.45) is 3.06. The van der Waals surface area contributed by atoms with E-state index in [1.54, 1.807) is 6.20 Å². The van der Waals surface area contributed by atoms with E-state index >= 15 is 0 Å². The predicted molar refractivity (Wildman–Crippen MR) is 87.7 cm³/mol. The molecule has 3 atom stereocenters. The van der Waals surface area contributed by atoms with Crippen LogP contribution in [0.2, 0.25) is 0 Å². The zero-order valence-electron chi connectivity index (χ0n) is 13.8. The van der Waals surface area contributed by atoms with Gasteiger partial charge in [-0.2, -0.15) is 0 Å². The van der Waals surface area contributed by atoms with Crippen LogP contribution in [0.5, 0.6) is 0 Å². The molecule has 1 aromatic rings. The number of hydrogen-bond acceptors (Lipinski definition) is 5. The molecule has 3 heterocycles. The molecule has 0 aromatic carbocycles. The number of aromatic nitrogens is 1. The fourth-order valence-electron chi connectivity index (χ4n) is 3.16. The molecule has 1 aromatic heterocycles. The molecule has 0 aliphatic carbocycles. The van der Waals surface area contributed by atoms with Crippen molar-refractivity contribution in [3.05, 3.63) is 23.9 Å². The average Bonchev–Trinajstić information content (AvgIpc) is 3.05. The van der Waals surface area contributed by atoms with E-state index in [9.17, 15) is 4.79 Å². The maximum Gasteiger partial charge on any atom is 0.252 e. The molecule has 2 fully saturated rings. The summed E-state index contributed by atoms with van der Waals surface area (Å²) in [7, 11) is 0. The Morgan fingerprint density at radius 3 is 2.74 bits per heavy atom. The van der Waals surface area contributed by atoms with Crippen LogP contribution in [0.4, 0.5) is 5.82 Å². The lowest BCUT2D eigenvalue weighted by Gasteiger charge is -2.36. The standard InChI is InChI=1S/C17H25N3O3/c1-12-9-20(10-13(2)23-12)16-4-3-15(8-18-16)17(21)19-7-14-5-6-22-11-14/h3-4,8,12-14H,5-7,9-11H2,1-2H3,(H,19,21)/t12-,13+,14-/m0/s1. The summed E-state index contributed by atoms with van der Waals surface area (Å²) in [5, 5.41) is 2.96. The minimum atomic E-state index is -0.0698. The summed E-state index contributed by atoms with van der Waals surface area (Å²) in [5.74, 6) is 1.26. The molecule has 0 bridgehead atoms. The number of anilines is 1. The zero-order chi connectivity index (χ0) is 16.2. The van der Waals surface area contributed by atoms with Crippen LogP contribution in [0.3, 0.4) is 0 Å². The third-order valence-corrected chi connectivity index (χ3v) is 4.33. The van der Waals surface area contributed by atoms with E-state index < -0.39 is 0 Å². The fraction of sp³-hybridized carbons (Fsp3) is 0.647. The van der Waals surface area contributed by atoms with Crippen molar-refractivity contribution in [2.75, 3.05) is 37.7 Å². The number of hydrogen-bond donors (Lipinski definition) is 1. The molecule has 2 saturated heterocycles. The van der Waals surface area contributed by atoms with Crippen LogP contribution in [-0.2, 0) is 9.47 Å². The maximum atomic E-state index is 12.2. The molecule has 0 radical (unpaired) electrons. The zero-order valence-corrected chi connectivity index (χ0v) is 13.8. The van der Waals surface area contributed by atoms with Crippen molar-refractivity contribution >= 4 is 11.7 Å². The number of carbonyl (C=O) groups is 1. The second kappa shape index (κ2) is 7.27. The van der Waals surface area contributed by atoms with E-state index in [-0.39, 0.29) is 18.1 Å². The second-order valence-corrected chi connectivity index (χ2v) is 6.51. The number of rotatable bonds is 4. The van der Waals surface area contributed by atoms with Gasteiger partial charge in [-0.05, 0) is 32.4 Å². The smallest absolute Gasteiger partial charge is 0.252 e. The number of ether oxygens (including phenoxy) is 2. The van der Waals surface area contributed by atoms with Crippen LogP contribution < -0.4 is 10.2 Å². The first-order chi connectivity index (χ1) is 11.1. The summed E-state index contributed by atoms with van der Waals surface area (Å²) in [6.45, 7) is 7.99. The van der Waals surface area contributed by atoms with Gasteiger partial charge in [0.2, 0.25) is 0 Å². The number of carbonyl (C=O) groups excluding carboxylic acids is 1. The van der Waals surface area contributed by atoms with Gasteiger partial charge in [0.25, 0.3) is 5.91 Å². The van der Waals surface area contributed by atoms with Crippen LogP contribution in [0.15, 0.2) is 18.3 Å². The van der Waals surface area contributed by atoms with E-state index in [4.69, 9.17) is 9.47 Å². The quantitative estimate of drug-likeness (QED) is 0.910. The Morgan fingerprint density at radius 2 is 2.13 bits per heavy atom. The Kier molecular flexibility index (Phi) is 5.13. The van der Waals surface area contributed by atoms with Crippen LogP contribution in [-0.4, -0.2) is 55.9 Å². The van der Waals surface area contributed by atoms with Crippen LogP contribution in [0.1, 0.15) is 30.6 Å². The molecule has 1 N–H and O–H groups in total. The van der Waals surface area contributed by atoms with Crippen molar-refractivity contribution in [1.82, 2.24) is 10.3 Å². The summed E-state index contributed by atoms with van der Waals surface area (Å²) in [5.41, 5.74) is 0.599. The monoisotopic (exact) mass is 319 g/mol. The van der Waals surface area contributed by atoms with E-state index in [0.717, 1.165) is 38.5 Å². The van der Waals surface area contributed by atoms with Crippen molar-refractivity contribution < 1.29 is 14.3 Å². The Hall–Kier alpha value is -1.66. The Labute approximate surface area is 137 Å². The first-order valence-electron chi connectivity index (χ1n) is 8.34. The third kappa shape index (κ3) is 4.20. The van der Waals surface area contributed by atoms with Crippen LogP contribution in [0.25, 0.3) is 0 Å². The largest absolute Gasteiger partial charge is 0.381 e. The topological polar surface area (TPSA) is 63.7 Å². The normalized spacial score (nSPS) is 27.9. The molecule has 2 aliphatic rings. The molecule has 0 saturated carbocycles. The summed E-state index contributed by atoms with van der Waals surface area (Å²) in [4.78, 5) is 18.8. The van der Waals surface area contributed by atoms with E-state index in [1.807, 2.05) is 12.1 Å². The minimum absolute atomic E-state index is 0.0698. The molecule has 3 rings (SSSR count). The molecular formula is C17H25N3O3. The van der Waals surface area contributed by atoms with E-state index in [2.05, 4.69) is 29.0 Å². The molecule has 0 spiro atoms. The van der Waals surface area contributed by atoms with E-state index in [0.29, 0.717) is 18.0 Å². The van der Waals surface area contributed by atoms with Gasteiger partial charge in [0, 0.05) is 38.4 Å². The minimum Gasteiger partial charge on any atom is -0.381 e. The number of nitrogens with zero attached hydrogens (tertiary/aromatic N) is 2. The van der Waals surface area contributed by atoms with Gasteiger partial charge in [0.15, 0.2) is 0 Å². The van der Waals surface area contributed by atoms with Gasteiger partial charge in [-0.1, -0.05) is 0 Å². The van der Waals surface area contributed by atoms with Crippen molar-refractivity contribution in [1.29, 1.82) is 0 Å². The maximum absolute atomic E-state index is 12.2. The van der Waals surface area contributed by atoms with Gasteiger partial charge in [-0.3, -0.25) is 4.79 Å². The Bertz CT molecular complexity index is 518. The highest BCUT2D eigenvalue weighted by Gasteiger charge is 2.23. The predicted octanol–water partition coefficient (Wildman–Crippen LogP) is 1.46. The van der Waals surface area contributed by atoms with Crippen LogP contribution in [0, 0.1) is 5.92 Å².